The van der Waals surface area contributed by atoms with Gasteiger partial charge in [-0.3, -0.25) is 4.79 Å². The molecular formula is C13H16BrNO3. The summed E-state index contributed by atoms with van der Waals surface area (Å²) in [6.07, 6.45) is 2.26. The molecule has 5 heteroatoms. The summed E-state index contributed by atoms with van der Waals surface area (Å²) in [6, 6.07) is 4.89. The van der Waals surface area contributed by atoms with Crippen LogP contribution in [0.1, 0.15) is 23.2 Å². The molecule has 98 valence electrons. The van der Waals surface area contributed by atoms with Gasteiger partial charge < -0.3 is 15.2 Å². The van der Waals surface area contributed by atoms with Gasteiger partial charge in [-0.15, -0.1) is 0 Å². The minimum atomic E-state index is -0.265. The SMILES string of the molecule is COc1cccc(C(=O)NCC2(CBr)CC2)c1O. The van der Waals surface area contributed by atoms with Crippen molar-refractivity contribution < 1.29 is 14.6 Å². The molecule has 0 unspecified atom stereocenters. The minimum absolute atomic E-state index is 0.110. The van der Waals surface area contributed by atoms with E-state index in [-0.39, 0.29) is 22.6 Å². The van der Waals surface area contributed by atoms with E-state index in [9.17, 15) is 9.90 Å². The predicted molar refractivity (Wildman–Crippen MR) is 72.5 cm³/mol. The van der Waals surface area contributed by atoms with Gasteiger partial charge in [-0.05, 0) is 30.4 Å². The number of rotatable bonds is 5. The lowest BCUT2D eigenvalue weighted by Gasteiger charge is -2.13. The van der Waals surface area contributed by atoms with Crippen LogP contribution in [0.5, 0.6) is 11.5 Å². The van der Waals surface area contributed by atoms with Gasteiger partial charge in [0.1, 0.15) is 0 Å². The Hall–Kier alpha value is -1.23. The highest BCUT2D eigenvalue weighted by molar-refractivity contribution is 9.09. The quantitative estimate of drug-likeness (QED) is 0.820. The van der Waals surface area contributed by atoms with Crippen LogP contribution in [0.3, 0.4) is 0 Å². The van der Waals surface area contributed by atoms with Crippen molar-refractivity contribution >= 4 is 21.8 Å². The molecule has 0 atom stereocenters. The van der Waals surface area contributed by atoms with Gasteiger partial charge in [-0.2, -0.15) is 0 Å². The first-order valence-corrected chi connectivity index (χ1v) is 6.94. The number of benzene rings is 1. The number of ether oxygens (including phenoxy) is 1. The second-order valence-corrected chi connectivity index (χ2v) is 5.23. The van der Waals surface area contributed by atoms with Gasteiger partial charge >= 0.3 is 0 Å². The van der Waals surface area contributed by atoms with E-state index in [1.54, 1.807) is 18.2 Å². The molecule has 2 N–H and O–H groups in total. The van der Waals surface area contributed by atoms with Crippen LogP contribution in [0.25, 0.3) is 0 Å². The zero-order valence-electron chi connectivity index (χ0n) is 10.2. The monoisotopic (exact) mass is 313 g/mol. The largest absolute Gasteiger partial charge is 0.504 e. The smallest absolute Gasteiger partial charge is 0.255 e. The number of aromatic hydroxyl groups is 1. The fourth-order valence-electron chi connectivity index (χ4n) is 1.77. The Kier molecular flexibility index (Phi) is 3.80. The Balaban J connectivity index is 2.05. The average molecular weight is 314 g/mol. The van der Waals surface area contributed by atoms with Gasteiger partial charge in [0.05, 0.1) is 12.7 Å². The maximum absolute atomic E-state index is 12.0. The topological polar surface area (TPSA) is 58.6 Å². The summed E-state index contributed by atoms with van der Waals surface area (Å²) in [7, 11) is 1.46. The molecule has 1 saturated carbocycles. The van der Waals surface area contributed by atoms with Crippen LogP contribution in [0.2, 0.25) is 0 Å². The molecular weight excluding hydrogens is 298 g/mol. The number of amides is 1. The van der Waals surface area contributed by atoms with Crippen molar-refractivity contribution in [2.75, 3.05) is 19.0 Å². The standard InChI is InChI=1S/C13H16BrNO3/c1-18-10-4-2-3-9(11(10)16)12(17)15-8-13(7-14)5-6-13/h2-4,16H,5-8H2,1H3,(H,15,17). The average Bonchev–Trinajstić information content (AvgIpc) is 3.17. The van der Waals surface area contributed by atoms with Crippen molar-refractivity contribution in [2.24, 2.45) is 5.41 Å². The molecule has 18 heavy (non-hydrogen) atoms. The van der Waals surface area contributed by atoms with Crippen molar-refractivity contribution in [1.29, 1.82) is 0 Å². The number of alkyl halides is 1. The molecule has 4 nitrogen and oxygen atoms in total. The Labute approximate surface area is 114 Å². The molecule has 0 radical (unpaired) electrons. The third-order valence-electron chi connectivity index (χ3n) is 3.33. The third kappa shape index (κ3) is 2.61. The minimum Gasteiger partial charge on any atom is -0.504 e. The number of nitrogens with one attached hydrogen (secondary N) is 1. The maximum Gasteiger partial charge on any atom is 0.255 e. The maximum atomic E-state index is 12.0. The van der Waals surface area contributed by atoms with Crippen LogP contribution in [0.4, 0.5) is 0 Å². The number of para-hydroxylation sites is 1. The molecule has 1 fully saturated rings. The number of carbonyl (C=O) groups excluding carboxylic acids is 1. The molecule has 1 amide bonds. The number of methoxy groups -OCH3 is 1. The van der Waals surface area contributed by atoms with Crippen molar-refractivity contribution in [3.05, 3.63) is 23.8 Å². The Morgan fingerprint density at radius 2 is 2.28 bits per heavy atom. The first kappa shape index (κ1) is 13.2. The van der Waals surface area contributed by atoms with Crippen molar-refractivity contribution in [1.82, 2.24) is 5.32 Å². The molecule has 0 aliphatic heterocycles. The molecule has 0 aromatic heterocycles. The van der Waals surface area contributed by atoms with E-state index in [4.69, 9.17) is 4.74 Å². The number of phenolic OH excluding ortho intramolecular Hbond substituents is 1. The van der Waals surface area contributed by atoms with E-state index < -0.39 is 0 Å². The fraction of sp³-hybridized carbons (Fsp3) is 0.462. The van der Waals surface area contributed by atoms with Gasteiger partial charge in [-0.1, -0.05) is 22.0 Å². The molecule has 0 saturated heterocycles. The lowest BCUT2D eigenvalue weighted by molar-refractivity contribution is 0.0943. The number of phenols is 1. The van der Waals surface area contributed by atoms with Gasteiger partial charge in [0.2, 0.25) is 0 Å². The zero-order chi connectivity index (χ0) is 13.2. The Bertz CT molecular complexity index is 458. The Morgan fingerprint density at radius 3 is 2.83 bits per heavy atom. The molecule has 1 aromatic carbocycles. The van der Waals surface area contributed by atoms with Crippen molar-refractivity contribution in [3.63, 3.8) is 0 Å². The summed E-state index contributed by atoms with van der Waals surface area (Å²) in [5, 5.41) is 13.6. The molecule has 0 spiro atoms. The van der Waals surface area contributed by atoms with Crippen LogP contribution >= 0.6 is 15.9 Å². The molecule has 2 rings (SSSR count). The summed E-state index contributed by atoms with van der Waals surface area (Å²) in [4.78, 5) is 12.0. The number of hydrogen-bond acceptors (Lipinski definition) is 3. The first-order chi connectivity index (χ1) is 8.62. The Morgan fingerprint density at radius 1 is 1.56 bits per heavy atom. The predicted octanol–water partition coefficient (Wildman–Crippen LogP) is 2.31. The molecule has 1 aliphatic rings. The summed E-state index contributed by atoms with van der Waals surface area (Å²) in [6.45, 7) is 0.633. The van der Waals surface area contributed by atoms with Crippen molar-refractivity contribution in [2.45, 2.75) is 12.8 Å². The summed E-state index contributed by atoms with van der Waals surface area (Å²) in [5.41, 5.74) is 0.462. The molecule has 0 heterocycles. The second kappa shape index (κ2) is 5.18. The molecule has 0 bridgehead atoms. The van der Waals surface area contributed by atoms with E-state index in [1.807, 2.05) is 0 Å². The van der Waals surface area contributed by atoms with Crippen LogP contribution in [0.15, 0.2) is 18.2 Å². The number of carbonyl (C=O) groups is 1. The third-order valence-corrected chi connectivity index (χ3v) is 4.52. The lowest BCUT2D eigenvalue weighted by Crippen LogP contribution is -2.31. The molecule has 1 aromatic rings. The molecule has 1 aliphatic carbocycles. The van der Waals surface area contributed by atoms with E-state index in [1.165, 1.54) is 7.11 Å². The first-order valence-electron chi connectivity index (χ1n) is 5.82. The van der Waals surface area contributed by atoms with E-state index in [0.29, 0.717) is 12.3 Å². The lowest BCUT2D eigenvalue weighted by atomic mass is 10.1. The van der Waals surface area contributed by atoms with E-state index in [0.717, 1.165) is 18.2 Å². The van der Waals surface area contributed by atoms with Crippen LogP contribution in [-0.2, 0) is 0 Å². The van der Waals surface area contributed by atoms with Gasteiger partial charge in [0.15, 0.2) is 11.5 Å². The fourth-order valence-corrected chi connectivity index (χ4v) is 2.53. The van der Waals surface area contributed by atoms with Crippen LogP contribution in [-0.4, -0.2) is 30.0 Å². The second-order valence-electron chi connectivity index (χ2n) is 4.67. The van der Waals surface area contributed by atoms with Gasteiger partial charge in [-0.25, -0.2) is 0 Å². The van der Waals surface area contributed by atoms with E-state index in [2.05, 4.69) is 21.2 Å². The summed E-state index contributed by atoms with van der Waals surface area (Å²) in [5.74, 6) is -0.0657. The van der Waals surface area contributed by atoms with Crippen molar-refractivity contribution in [3.8, 4) is 11.5 Å². The highest BCUT2D eigenvalue weighted by Crippen LogP contribution is 2.46. The van der Waals surface area contributed by atoms with Gasteiger partial charge in [0.25, 0.3) is 5.91 Å². The van der Waals surface area contributed by atoms with Crippen LogP contribution in [0, 0.1) is 5.41 Å². The van der Waals surface area contributed by atoms with Gasteiger partial charge in [0, 0.05) is 11.9 Å². The summed E-state index contributed by atoms with van der Waals surface area (Å²) < 4.78 is 4.98. The highest BCUT2D eigenvalue weighted by Gasteiger charge is 2.41. The highest BCUT2D eigenvalue weighted by atomic mass is 79.9. The number of halogens is 1. The summed E-state index contributed by atoms with van der Waals surface area (Å²) >= 11 is 3.46. The van der Waals surface area contributed by atoms with E-state index >= 15 is 0 Å². The number of hydrogen-bond donors (Lipinski definition) is 2. The van der Waals surface area contributed by atoms with Crippen LogP contribution < -0.4 is 10.1 Å². The normalized spacial score (nSPS) is 16.1. The zero-order valence-corrected chi connectivity index (χ0v) is 11.8.